The van der Waals surface area contributed by atoms with Crippen molar-refractivity contribution in [2.24, 2.45) is 0 Å². The summed E-state index contributed by atoms with van der Waals surface area (Å²) in [5.74, 6) is -0.0814. The largest absolute Gasteiger partial charge is 0.297 e. The van der Waals surface area contributed by atoms with Crippen LogP contribution in [0.15, 0.2) is 30.2 Å². The molecule has 1 aliphatic rings. The third-order valence-electron chi connectivity index (χ3n) is 3.37. The molecule has 0 aromatic carbocycles. The van der Waals surface area contributed by atoms with E-state index in [1.54, 1.807) is 22.7 Å². The number of nitrogens with one attached hydrogen (secondary N) is 2. The molecule has 5 heteroatoms. The molecule has 1 amide bonds. The number of fused-ring (bicyclic) bond motifs is 1. The molecular formula is C15H16N2OS2. The third kappa shape index (κ3) is 2.78. The Morgan fingerprint density at radius 1 is 1.20 bits per heavy atom. The number of rotatable bonds is 4. The molecule has 104 valence electrons. The van der Waals surface area contributed by atoms with Gasteiger partial charge in [0.25, 0.3) is 5.91 Å². The Bertz CT molecular complexity index is 605. The van der Waals surface area contributed by atoms with E-state index in [0.29, 0.717) is 0 Å². The zero-order valence-electron chi connectivity index (χ0n) is 11.1. The minimum absolute atomic E-state index is 0.0814. The molecule has 0 radical (unpaired) electrons. The van der Waals surface area contributed by atoms with Gasteiger partial charge >= 0.3 is 0 Å². The van der Waals surface area contributed by atoms with Crippen molar-refractivity contribution in [1.82, 2.24) is 10.9 Å². The lowest BCUT2D eigenvalue weighted by Gasteiger charge is -2.08. The predicted octanol–water partition coefficient (Wildman–Crippen LogP) is 3.59. The van der Waals surface area contributed by atoms with Crippen molar-refractivity contribution in [3.05, 3.63) is 50.4 Å². The molecule has 0 fully saturated rings. The van der Waals surface area contributed by atoms with Crippen LogP contribution in [0, 0.1) is 0 Å². The van der Waals surface area contributed by atoms with Gasteiger partial charge in [0, 0.05) is 4.88 Å². The second-order valence-electron chi connectivity index (χ2n) is 4.80. The van der Waals surface area contributed by atoms with Crippen molar-refractivity contribution in [1.29, 1.82) is 0 Å². The maximum atomic E-state index is 12.1. The lowest BCUT2D eigenvalue weighted by molar-refractivity contribution is 0.0946. The minimum Gasteiger partial charge on any atom is -0.297 e. The first kappa shape index (κ1) is 13.4. The number of carbonyl (C=O) groups is 1. The Labute approximate surface area is 126 Å². The Hall–Kier alpha value is -1.59. The molecular weight excluding hydrogens is 288 g/mol. The summed E-state index contributed by atoms with van der Waals surface area (Å²) in [7, 11) is 0. The first-order valence-corrected chi connectivity index (χ1v) is 8.34. The average molecular weight is 304 g/mol. The summed E-state index contributed by atoms with van der Waals surface area (Å²) in [5, 5.41) is 1.98. The Balaban J connectivity index is 1.62. The van der Waals surface area contributed by atoms with Gasteiger partial charge in [0.15, 0.2) is 0 Å². The highest BCUT2D eigenvalue weighted by Crippen LogP contribution is 2.29. The van der Waals surface area contributed by atoms with Gasteiger partial charge in [0.1, 0.15) is 0 Å². The Morgan fingerprint density at radius 2 is 2.05 bits per heavy atom. The molecule has 0 spiro atoms. The molecule has 0 atom stereocenters. The van der Waals surface area contributed by atoms with E-state index in [9.17, 15) is 4.79 Å². The number of hydrogen-bond acceptors (Lipinski definition) is 4. The minimum atomic E-state index is -0.0814. The van der Waals surface area contributed by atoms with Crippen LogP contribution in [0.5, 0.6) is 0 Å². The fourth-order valence-electron chi connectivity index (χ4n) is 2.31. The van der Waals surface area contributed by atoms with Gasteiger partial charge < -0.3 is 0 Å². The maximum Gasteiger partial charge on any atom is 0.279 e. The maximum absolute atomic E-state index is 12.1. The van der Waals surface area contributed by atoms with E-state index in [-0.39, 0.29) is 5.91 Å². The number of thiophene rings is 2. The van der Waals surface area contributed by atoms with Gasteiger partial charge in [0.05, 0.1) is 15.5 Å². The monoisotopic (exact) mass is 304 g/mol. The molecule has 0 bridgehead atoms. The van der Waals surface area contributed by atoms with Crippen LogP contribution in [0.25, 0.3) is 5.70 Å². The van der Waals surface area contributed by atoms with Gasteiger partial charge in [-0.3, -0.25) is 15.6 Å². The molecule has 2 heterocycles. The van der Waals surface area contributed by atoms with Crippen molar-refractivity contribution >= 4 is 34.3 Å². The number of carbonyl (C=O) groups excluding carboxylic acids is 1. The second-order valence-corrected chi connectivity index (χ2v) is 6.89. The molecule has 3 rings (SSSR count). The summed E-state index contributed by atoms with van der Waals surface area (Å²) in [5.41, 5.74) is 7.68. The smallest absolute Gasteiger partial charge is 0.279 e. The topological polar surface area (TPSA) is 41.1 Å². The van der Waals surface area contributed by atoms with E-state index in [2.05, 4.69) is 17.4 Å². The Kier molecular flexibility index (Phi) is 3.89. The zero-order valence-corrected chi connectivity index (χ0v) is 12.7. The number of aryl methyl sites for hydroxylation is 2. The Morgan fingerprint density at radius 3 is 2.80 bits per heavy atom. The number of amides is 1. The fourth-order valence-corrected chi connectivity index (χ4v) is 4.11. The molecule has 2 aromatic rings. The van der Waals surface area contributed by atoms with Crippen LogP contribution in [-0.2, 0) is 12.8 Å². The van der Waals surface area contributed by atoms with E-state index in [0.717, 1.165) is 28.3 Å². The number of hydrazine groups is 1. The first-order valence-electron chi connectivity index (χ1n) is 6.65. The molecule has 0 saturated heterocycles. The summed E-state index contributed by atoms with van der Waals surface area (Å²) in [4.78, 5) is 15.3. The van der Waals surface area contributed by atoms with Crippen LogP contribution < -0.4 is 10.9 Å². The molecule has 0 aliphatic heterocycles. The van der Waals surface area contributed by atoms with Crippen molar-refractivity contribution in [2.75, 3.05) is 0 Å². The molecule has 0 saturated carbocycles. The highest BCUT2D eigenvalue weighted by molar-refractivity contribution is 7.14. The third-order valence-corrected chi connectivity index (χ3v) is 5.53. The van der Waals surface area contributed by atoms with Crippen LogP contribution in [0.1, 0.15) is 37.8 Å². The van der Waals surface area contributed by atoms with Gasteiger partial charge in [0.2, 0.25) is 0 Å². The second kappa shape index (κ2) is 5.81. The molecule has 2 N–H and O–H groups in total. The van der Waals surface area contributed by atoms with Crippen molar-refractivity contribution < 1.29 is 4.79 Å². The quantitative estimate of drug-likeness (QED) is 0.848. The molecule has 0 unspecified atom stereocenters. The average Bonchev–Trinajstić information content (AvgIpc) is 3.12. The highest BCUT2D eigenvalue weighted by Gasteiger charge is 2.17. The van der Waals surface area contributed by atoms with Gasteiger partial charge in [-0.05, 0) is 48.8 Å². The lowest BCUT2D eigenvalue weighted by Crippen LogP contribution is -2.35. The van der Waals surface area contributed by atoms with Crippen LogP contribution in [0.4, 0.5) is 0 Å². The van der Waals surface area contributed by atoms with Crippen LogP contribution >= 0.6 is 22.7 Å². The standard InChI is InChI=1S/C15H16N2OS2/c1-10(12-7-4-8-19-12)16-17-15(18)14-9-11-5-2-3-6-13(11)20-14/h4,7-9,16H,1-3,5-6H2,(H,17,18). The first-order chi connectivity index (χ1) is 9.74. The molecule has 2 aromatic heterocycles. The van der Waals surface area contributed by atoms with Crippen molar-refractivity contribution in [2.45, 2.75) is 25.7 Å². The molecule has 20 heavy (non-hydrogen) atoms. The van der Waals surface area contributed by atoms with Gasteiger partial charge in [-0.2, -0.15) is 0 Å². The van der Waals surface area contributed by atoms with Gasteiger partial charge in [-0.15, -0.1) is 22.7 Å². The normalized spacial score (nSPS) is 13.6. The summed E-state index contributed by atoms with van der Waals surface area (Å²) in [6, 6.07) is 5.96. The molecule has 1 aliphatic carbocycles. The van der Waals surface area contributed by atoms with E-state index < -0.39 is 0 Å². The van der Waals surface area contributed by atoms with Crippen LogP contribution in [0.2, 0.25) is 0 Å². The fraction of sp³-hybridized carbons (Fsp3) is 0.267. The van der Waals surface area contributed by atoms with E-state index in [1.165, 1.54) is 23.3 Å². The van der Waals surface area contributed by atoms with Crippen LogP contribution in [0.3, 0.4) is 0 Å². The summed E-state index contributed by atoms with van der Waals surface area (Å²) in [6.45, 7) is 3.92. The number of hydrogen-bond donors (Lipinski definition) is 2. The summed E-state index contributed by atoms with van der Waals surface area (Å²) >= 11 is 3.20. The van der Waals surface area contributed by atoms with Crippen LogP contribution in [-0.4, -0.2) is 5.91 Å². The van der Waals surface area contributed by atoms with Gasteiger partial charge in [-0.1, -0.05) is 12.6 Å². The van der Waals surface area contributed by atoms with E-state index in [4.69, 9.17) is 0 Å². The van der Waals surface area contributed by atoms with Gasteiger partial charge in [-0.25, -0.2) is 0 Å². The highest BCUT2D eigenvalue weighted by atomic mass is 32.1. The van der Waals surface area contributed by atoms with E-state index >= 15 is 0 Å². The lowest BCUT2D eigenvalue weighted by atomic mass is 9.99. The zero-order chi connectivity index (χ0) is 13.9. The SMILES string of the molecule is C=C(NNC(=O)c1cc2c(s1)CCCC2)c1cccs1. The predicted molar refractivity (Wildman–Crippen MR) is 84.9 cm³/mol. The van der Waals surface area contributed by atoms with Crippen molar-refractivity contribution in [3.8, 4) is 0 Å². The van der Waals surface area contributed by atoms with E-state index in [1.807, 2.05) is 23.6 Å². The summed E-state index contributed by atoms with van der Waals surface area (Å²) in [6.07, 6.45) is 4.69. The van der Waals surface area contributed by atoms with Crippen molar-refractivity contribution in [3.63, 3.8) is 0 Å². The molecule has 3 nitrogen and oxygen atoms in total. The summed E-state index contributed by atoms with van der Waals surface area (Å²) < 4.78 is 0.